The van der Waals surface area contributed by atoms with E-state index >= 15 is 0 Å². The van der Waals surface area contributed by atoms with Gasteiger partial charge in [0.25, 0.3) is 11.6 Å². The molecule has 1 aliphatic rings. The Bertz CT molecular complexity index is 697. The van der Waals surface area contributed by atoms with Crippen LogP contribution < -0.4 is 0 Å². The van der Waals surface area contributed by atoms with Gasteiger partial charge in [-0.05, 0) is 44.7 Å². The Morgan fingerprint density at radius 2 is 2.12 bits per heavy atom. The fourth-order valence-corrected chi connectivity index (χ4v) is 3.76. The van der Waals surface area contributed by atoms with E-state index in [-0.39, 0.29) is 24.2 Å². The average molecular weight is 381 g/mol. The van der Waals surface area contributed by atoms with Gasteiger partial charge in [0.15, 0.2) is 0 Å². The predicted octanol–water partition coefficient (Wildman–Crippen LogP) is 2.33. The summed E-state index contributed by atoms with van der Waals surface area (Å²) >= 11 is 1.27. The summed E-state index contributed by atoms with van der Waals surface area (Å²) in [5.41, 5.74) is 0.254. The third-order valence-electron chi connectivity index (χ3n) is 4.62. The van der Waals surface area contributed by atoms with Crippen LogP contribution >= 0.6 is 11.8 Å². The van der Waals surface area contributed by atoms with Gasteiger partial charge in [-0.15, -0.1) is 11.8 Å². The van der Waals surface area contributed by atoms with Crippen molar-refractivity contribution < 1.29 is 19.6 Å². The van der Waals surface area contributed by atoms with E-state index in [1.165, 1.54) is 17.8 Å². The van der Waals surface area contributed by atoms with Crippen LogP contribution in [-0.4, -0.2) is 70.7 Å². The molecule has 1 unspecified atom stereocenters. The molecule has 2 rings (SSSR count). The summed E-state index contributed by atoms with van der Waals surface area (Å²) in [6.07, 6.45) is 4.03. The molecule has 0 radical (unpaired) electrons. The van der Waals surface area contributed by atoms with Crippen LogP contribution in [0, 0.1) is 10.1 Å². The number of likely N-dealkylation sites (N-methyl/N-ethyl adjacent to an activating group) is 1. The topological polar surface area (TPSA) is 104 Å². The number of carbonyl (C=O) groups excluding carboxylic acids is 1. The van der Waals surface area contributed by atoms with Crippen molar-refractivity contribution in [2.45, 2.75) is 30.2 Å². The zero-order valence-corrected chi connectivity index (χ0v) is 15.7. The Hall–Kier alpha value is -2.13. The molecule has 0 aliphatic carbocycles. The van der Waals surface area contributed by atoms with E-state index in [1.807, 2.05) is 0 Å². The van der Waals surface area contributed by atoms with Crippen molar-refractivity contribution in [3.8, 4) is 0 Å². The SMILES string of the molecule is CSc1ccc(C(=O)N2CCCC(N(C)CC(=O)O)CC2)cc1[N+](=O)[O-]. The number of aliphatic carboxylic acids is 1. The summed E-state index contributed by atoms with van der Waals surface area (Å²) in [5.74, 6) is -1.09. The van der Waals surface area contributed by atoms with Crippen LogP contribution in [0.15, 0.2) is 23.1 Å². The molecule has 1 aliphatic heterocycles. The van der Waals surface area contributed by atoms with Crippen molar-refractivity contribution in [1.29, 1.82) is 0 Å². The number of nitrogens with zero attached hydrogens (tertiary/aromatic N) is 3. The van der Waals surface area contributed by atoms with Crippen LogP contribution in [0.25, 0.3) is 0 Å². The molecule has 9 heteroatoms. The Morgan fingerprint density at radius 3 is 2.73 bits per heavy atom. The zero-order valence-electron chi connectivity index (χ0n) is 14.9. The predicted molar refractivity (Wildman–Crippen MR) is 98.7 cm³/mol. The highest BCUT2D eigenvalue weighted by Gasteiger charge is 2.26. The van der Waals surface area contributed by atoms with E-state index in [4.69, 9.17) is 5.11 Å². The van der Waals surface area contributed by atoms with Gasteiger partial charge in [-0.25, -0.2) is 0 Å². The first-order valence-corrected chi connectivity index (χ1v) is 9.59. The zero-order chi connectivity index (χ0) is 19.3. The van der Waals surface area contributed by atoms with Crippen LogP contribution in [0.5, 0.6) is 0 Å². The van der Waals surface area contributed by atoms with Gasteiger partial charge in [-0.3, -0.25) is 24.6 Å². The van der Waals surface area contributed by atoms with Gasteiger partial charge in [-0.1, -0.05) is 0 Å². The number of hydrogen-bond donors (Lipinski definition) is 1. The number of amides is 1. The molecular weight excluding hydrogens is 358 g/mol. The third-order valence-corrected chi connectivity index (χ3v) is 5.40. The Balaban J connectivity index is 2.09. The van der Waals surface area contributed by atoms with E-state index in [2.05, 4.69) is 0 Å². The second-order valence-electron chi connectivity index (χ2n) is 6.33. The molecule has 1 N–H and O–H groups in total. The summed E-state index contributed by atoms with van der Waals surface area (Å²) in [7, 11) is 1.78. The maximum absolute atomic E-state index is 12.8. The van der Waals surface area contributed by atoms with Gasteiger partial charge < -0.3 is 10.0 Å². The molecular formula is C17H23N3O5S. The van der Waals surface area contributed by atoms with Gasteiger partial charge in [0, 0.05) is 30.8 Å². The number of hydrogen-bond acceptors (Lipinski definition) is 6. The summed E-state index contributed by atoms with van der Waals surface area (Å²) in [6, 6.07) is 4.68. The maximum Gasteiger partial charge on any atom is 0.317 e. The van der Waals surface area contributed by atoms with Crippen molar-refractivity contribution in [2.24, 2.45) is 0 Å². The summed E-state index contributed by atoms with van der Waals surface area (Å²) in [5, 5.41) is 20.1. The van der Waals surface area contributed by atoms with Crippen LogP contribution in [0.3, 0.4) is 0 Å². The summed E-state index contributed by atoms with van der Waals surface area (Å²) < 4.78 is 0. The van der Waals surface area contributed by atoms with Crippen molar-refractivity contribution >= 4 is 29.3 Å². The van der Waals surface area contributed by atoms with Gasteiger partial charge in [-0.2, -0.15) is 0 Å². The lowest BCUT2D eigenvalue weighted by Gasteiger charge is -2.25. The normalized spacial score (nSPS) is 17.8. The molecule has 0 aromatic heterocycles. The number of thioether (sulfide) groups is 1. The number of benzene rings is 1. The number of carboxylic acid groups (broad SMARTS) is 1. The van der Waals surface area contributed by atoms with Crippen molar-refractivity contribution in [1.82, 2.24) is 9.80 Å². The Kier molecular flexibility index (Phi) is 6.98. The lowest BCUT2D eigenvalue weighted by Crippen LogP contribution is -2.37. The largest absolute Gasteiger partial charge is 0.480 e. The van der Waals surface area contributed by atoms with E-state index < -0.39 is 10.9 Å². The molecule has 1 fully saturated rings. The van der Waals surface area contributed by atoms with Crippen LogP contribution in [-0.2, 0) is 4.79 Å². The molecule has 1 aromatic rings. The summed E-state index contributed by atoms with van der Waals surface area (Å²) in [6.45, 7) is 1.04. The van der Waals surface area contributed by atoms with E-state index in [1.54, 1.807) is 35.2 Å². The van der Waals surface area contributed by atoms with Crippen molar-refractivity contribution in [2.75, 3.05) is 32.9 Å². The lowest BCUT2D eigenvalue weighted by atomic mass is 10.1. The standard InChI is InChI=1S/C17H23N3O5S/c1-18(11-16(21)22)13-4-3-8-19(9-7-13)17(23)12-5-6-15(26-2)14(10-12)20(24)25/h5-6,10,13H,3-4,7-9,11H2,1-2H3,(H,21,22). The quantitative estimate of drug-likeness (QED) is 0.458. The molecule has 26 heavy (non-hydrogen) atoms. The number of carboxylic acids is 1. The van der Waals surface area contributed by atoms with Crippen molar-refractivity contribution in [3.63, 3.8) is 0 Å². The van der Waals surface area contributed by atoms with Crippen LogP contribution in [0.1, 0.15) is 29.6 Å². The smallest absolute Gasteiger partial charge is 0.317 e. The third kappa shape index (κ3) is 4.95. The van der Waals surface area contributed by atoms with Crippen molar-refractivity contribution in [3.05, 3.63) is 33.9 Å². The molecule has 8 nitrogen and oxygen atoms in total. The van der Waals surface area contributed by atoms with Gasteiger partial charge in [0.1, 0.15) is 0 Å². The maximum atomic E-state index is 12.8. The highest BCUT2D eigenvalue weighted by atomic mass is 32.2. The number of rotatable bonds is 6. The number of nitro groups is 1. The van der Waals surface area contributed by atoms with Crippen LogP contribution in [0.4, 0.5) is 5.69 Å². The first kappa shape index (κ1) is 20.2. The van der Waals surface area contributed by atoms with E-state index in [9.17, 15) is 19.7 Å². The fraction of sp³-hybridized carbons (Fsp3) is 0.529. The van der Waals surface area contributed by atoms with Crippen LogP contribution in [0.2, 0.25) is 0 Å². The minimum absolute atomic E-state index is 0.0268. The molecule has 1 heterocycles. The number of likely N-dealkylation sites (tertiary alicyclic amines) is 1. The molecule has 1 atom stereocenters. The number of nitro benzene ring substituents is 1. The first-order chi connectivity index (χ1) is 12.3. The molecule has 0 saturated carbocycles. The number of carbonyl (C=O) groups is 2. The molecule has 0 spiro atoms. The Morgan fingerprint density at radius 1 is 1.38 bits per heavy atom. The van der Waals surface area contributed by atoms with E-state index in [0.29, 0.717) is 30.0 Å². The molecule has 1 saturated heterocycles. The van der Waals surface area contributed by atoms with Gasteiger partial charge in [0.05, 0.1) is 16.4 Å². The lowest BCUT2D eigenvalue weighted by molar-refractivity contribution is -0.387. The highest BCUT2D eigenvalue weighted by Crippen LogP contribution is 2.29. The molecule has 142 valence electrons. The van der Waals surface area contributed by atoms with Gasteiger partial charge in [0.2, 0.25) is 0 Å². The first-order valence-electron chi connectivity index (χ1n) is 8.37. The molecule has 1 amide bonds. The average Bonchev–Trinajstić information content (AvgIpc) is 2.86. The minimum Gasteiger partial charge on any atom is -0.480 e. The Labute approximate surface area is 156 Å². The summed E-state index contributed by atoms with van der Waals surface area (Å²) in [4.78, 5) is 38.4. The monoisotopic (exact) mass is 381 g/mol. The molecule has 0 bridgehead atoms. The van der Waals surface area contributed by atoms with E-state index in [0.717, 1.165) is 12.8 Å². The fourth-order valence-electron chi connectivity index (χ4n) is 3.21. The van der Waals surface area contributed by atoms with Gasteiger partial charge >= 0.3 is 5.97 Å². The second-order valence-corrected chi connectivity index (χ2v) is 7.18. The highest BCUT2D eigenvalue weighted by molar-refractivity contribution is 7.98. The second kappa shape index (κ2) is 9.00. The minimum atomic E-state index is -0.870. The molecule has 1 aromatic carbocycles.